The molecule has 9 heavy (non-hydrogen) atoms. The van der Waals surface area contributed by atoms with Crippen LogP contribution in [0.5, 0.6) is 0 Å². The molecule has 0 radical (unpaired) electrons. The van der Waals surface area contributed by atoms with Crippen molar-refractivity contribution < 1.29 is 9.84 Å². The van der Waals surface area contributed by atoms with E-state index in [2.05, 4.69) is 5.32 Å². The second kappa shape index (κ2) is 6.01. The lowest BCUT2D eigenvalue weighted by atomic mass is 10.4. The van der Waals surface area contributed by atoms with Crippen LogP contribution in [-0.4, -0.2) is 38.0 Å². The van der Waals surface area contributed by atoms with Crippen LogP contribution in [0.1, 0.15) is 6.92 Å². The molecule has 0 aliphatic carbocycles. The van der Waals surface area contributed by atoms with Gasteiger partial charge in [0.1, 0.15) is 0 Å². The van der Waals surface area contributed by atoms with Crippen LogP contribution < -0.4 is 5.32 Å². The Hall–Kier alpha value is -0.120. The van der Waals surface area contributed by atoms with Gasteiger partial charge < -0.3 is 15.2 Å². The van der Waals surface area contributed by atoms with E-state index < -0.39 is 0 Å². The molecule has 0 saturated carbocycles. The van der Waals surface area contributed by atoms with E-state index in [0.717, 1.165) is 13.1 Å². The van der Waals surface area contributed by atoms with Crippen LogP contribution in [-0.2, 0) is 4.74 Å². The van der Waals surface area contributed by atoms with Crippen molar-refractivity contribution >= 4 is 0 Å². The Balaban J connectivity index is 3.09. The van der Waals surface area contributed by atoms with E-state index in [4.69, 9.17) is 9.84 Å². The Kier molecular flexibility index (Phi) is 5.93. The van der Waals surface area contributed by atoms with Crippen molar-refractivity contribution in [1.82, 2.24) is 5.32 Å². The number of ether oxygens (including phenoxy) is 1. The fourth-order valence-corrected chi connectivity index (χ4v) is 0.528. The zero-order chi connectivity index (χ0) is 7.11. The largest absolute Gasteiger partial charge is 0.394 e. The van der Waals surface area contributed by atoms with E-state index in [9.17, 15) is 0 Å². The van der Waals surface area contributed by atoms with Gasteiger partial charge in [-0.15, -0.1) is 0 Å². The summed E-state index contributed by atoms with van der Waals surface area (Å²) in [6.45, 7) is 3.75. The Morgan fingerprint density at radius 2 is 2.33 bits per heavy atom. The molecule has 0 saturated heterocycles. The van der Waals surface area contributed by atoms with E-state index in [-0.39, 0.29) is 12.7 Å². The highest BCUT2D eigenvalue weighted by atomic mass is 16.5. The van der Waals surface area contributed by atoms with Crippen molar-refractivity contribution in [1.29, 1.82) is 0 Å². The lowest BCUT2D eigenvalue weighted by Crippen LogP contribution is -2.30. The quantitative estimate of drug-likeness (QED) is 0.536. The molecule has 0 spiro atoms. The third-order valence-corrected chi connectivity index (χ3v) is 1.16. The molecule has 1 unspecified atom stereocenters. The Bertz CT molecular complexity index is 55.0. The summed E-state index contributed by atoms with van der Waals surface area (Å²) >= 11 is 0. The smallest absolute Gasteiger partial charge is 0.0925 e. The molecule has 0 heterocycles. The summed E-state index contributed by atoms with van der Waals surface area (Å²) in [6.07, 6.45) is -0.0510. The summed E-state index contributed by atoms with van der Waals surface area (Å²) in [7, 11) is 1.60. The fourth-order valence-electron chi connectivity index (χ4n) is 0.528. The van der Waals surface area contributed by atoms with Crippen LogP contribution in [0.3, 0.4) is 0 Å². The van der Waals surface area contributed by atoms with Gasteiger partial charge in [-0.3, -0.25) is 0 Å². The van der Waals surface area contributed by atoms with E-state index in [0.29, 0.717) is 0 Å². The first-order valence-electron chi connectivity index (χ1n) is 3.19. The van der Waals surface area contributed by atoms with E-state index in [1.807, 2.05) is 6.92 Å². The van der Waals surface area contributed by atoms with Gasteiger partial charge in [-0.1, -0.05) is 6.92 Å². The summed E-state index contributed by atoms with van der Waals surface area (Å²) < 4.78 is 4.89. The van der Waals surface area contributed by atoms with Gasteiger partial charge in [0.15, 0.2) is 0 Å². The molecule has 2 N–H and O–H groups in total. The number of rotatable bonds is 5. The average Bonchev–Trinajstić information content (AvgIpc) is 1.91. The van der Waals surface area contributed by atoms with Gasteiger partial charge in [-0.2, -0.15) is 0 Å². The monoisotopic (exact) mass is 133 g/mol. The molecule has 56 valence electrons. The van der Waals surface area contributed by atoms with Gasteiger partial charge >= 0.3 is 0 Å². The molecule has 0 amide bonds. The second-order valence-electron chi connectivity index (χ2n) is 1.85. The van der Waals surface area contributed by atoms with Crippen molar-refractivity contribution in [3.63, 3.8) is 0 Å². The predicted octanol–water partition coefficient (Wildman–Crippen LogP) is -0.397. The first-order chi connectivity index (χ1) is 4.35. The molecule has 3 heteroatoms. The van der Waals surface area contributed by atoms with Crippen LogP contribution >= 0.6 is 0 Å². The minimum Gasteiger partial charge on any atom is -0.394 e. The summed E-state index contributed by atoms with van der Waals surface area (Å²) in [4.78, 5) is 0. The summed E-state index contributed by atoms with van der Waals surface area (Å²) in [5, 5.41) is 11.7. The molecule has 0 aliphatic rings. The summed E-state index contributed by atoms with van der Waals surface area (Å²) in [5.41, 5.74) is 0. The third-order valence-electron chi connectivity index (χ3n) is 1.16. The highest BCUT2D eigenvalue weighted by Gasteiger charge is 2.01. The Morgan fingerprint density at radius 3 is 2.67 bits per heavy atom. The average molecular weight is 133 g/mol. The number of aliphatic hydroxyl groups is 1. The number of hydrogen-bond acceptors (Lipinski definition) is 3. The van der Waals surface area contributed by atoms with Crippen LogP contribution in [0, 0.1) is 0 Å². The van der Waals surface area contributed by atoms with Gasteiger partial charge in [0, 0.05) is 13.7 Å². The van der Waals surface area contributed by atoms with Crippen LogP contribution in [0.25, 0.3) is 0 Å². The number of aliphatic hydroxyl groups excluding tert-OH is 1. The summed E-state index contributed by atoms with van der Waals surface area (Å²) in [6, 6.07) is 0. The molecular weight excluding hydrogens is 118 g/mol. The number of hydrogen-bond donors (Lipinski definition) is 2. The molecule has 0 aromatic heterocycles. The highest BCUT2D eigenvalue weighted by molar-refractivity contribution is 4.56. The second-order valence-corrected chi connectivity index (χ2v) is 1.85. The lowest BCUT2D eigenvalue weighted by molar-refractivity contribution is 0.0496. The van der Waals surface area contributed by atoms with E-state index >= 15 is 0 Å². The molecule has 1 atom stereocenters. The number of methoxy groups -OCH3 is 1. The minimum absolute atomic E-state index is 0.0510. The molecule has 0 aromatic carbocycles. The maximum Gasteiger partial charge on any atom is 0.0925 e. The number of nitrogens with one attached hydrogen (secondary N) is 1. The standard InChI is InChI=1S/C6H15NO2/c1-3-7-4-6(5-8)9-2/h6-8H,3-5H2,1-2H3. The number of likely N-dealkylation sites (N-methyl/N-ethyl adjacent to an activating group) is 1. The molecule has 0 rings (SSSR count). The van der Waals surface area contributed by atoms with E-state index in [1.54, 1.807) is 7.11 Å². The molecule has 3 nitrogen and oxygen atoms in total. The van der Waals surface area contributed by atoms with Crippen molar-refractivity contribution in [3.05, 3.63) is 0 Å². The van der Waals surface area contributed by atoms with Crippen molar-refractivity contribution in [3.8, 4) is 0 Å². The van der Waals surface area contributed by atoms with Gasteiger partial charge in [-0.25, -0.2) is 0 Å². The normalized spacial score (nSPS) is 13.7. The molecule has 0 bridgehead atoms. The third kappa shape index (κ3) is 4.39. The van der Waals surface area contributed by atoms with Gasteiger partial charge in [-0.05, 0) is 6.54 Å². The van der Waals surface area contributed by atoms with Crippen LogP contribution in [0.2, 0.25) is 0 Å². The fraction of sp³-hybridized carbons (Fsp3) is 1.00. The first-order valence-corrected chi connectivity index (χ1v) is 3.19. The first kappa shape index (κ1) is 8.88. The Morgan fingerprint density at radius 1 is 1.67 bits per heavy atom. The SMILES string of the molecule is CCNCC(CO)OC. The zero-order valence-corrected chi connectivity index (χ0v) is 6.05. The van der Waals surface area contributed by atoms with Crippen molar-refractivity contribution in [2.24, 2.45) is 0 Å². The summed E-state index contributed by atoms with van der Waals surface area (Å²) in [5.74, 6) is 0. The topological polar surface area (TPSA) is 41.5 Å². The maximum absolute atomic E-state index is 8.59. The maximum atomic E-state index is 8.59. The van der Waals surface area contributed by atoms with Crippen molar-refractivity contribution in [2.45, 2.75) is 13.0 Å². The minimum atomic E-state index is -0.0510. The predicted molar refractivity (Wildman–Crippen MR) is 36.4 cm³/mol. The van der Waals surface area contributed by atoms with Crippen molar-refractivity contribution in [2.75, 3.05) is 26.8 Å². The molecular formula is C6H15NO2. The Labute approximate surface area is 56.0 Å². The van der Waals surface area contributed by atoms with Gasteiger partial charge in [0.2, 0.25) is 0 Å². The highest BCUT2D eigenvalue weighted by Crippen LogP contribution is 1.83. The van der Waals surface area contributed by atoms with Gasteiger partial charge in [0.05, 0.1) is 12.7 Å². The van der Waals surface area contributed by atoms with Crippen LogP contribution in [0.4, 0.5) is 0 Å². The zero-order valence-electron chi connectivity index (χ0n) is 6.05. The molecule has 0 aromatic rings. The van der Waals surface area contributed by atoms with Gasteiger partial charge in [0.25, 0.3) is 0 Å². The lowest BCUT2D eigenvalue weighted by Gasteiger charge is -2.11. The van der Waals surface area contributed by atoms with E-state index in [1.165, 1.54) is 0 Å². The molecule has 0 aliphatic heterocycles. The molecule has 0 fully saturated rings. The van der Waals surface area contributed by atoms with Crippen LogP contribution in [0.15, 0.2) is 0 Å².